The van der Waals surface area contributed by atoms with Crippen molar-refractivity contribution in [2.24, 2.45) is 30.9 Å². The van der Waals surface area contributed by atoms with Gasteiger partial charge < -0.3 is 0 Å². The van der Waals surface area contributed by atoms with Gasteiger partial charge >= 0.3 is 0 Å². The number of allylic oxidation sites excluding steroid dienone is 3. The van der Waals surface area contributed by atoms with Gasteiger partial charge in [-0.15, -0.1) is 20.4 Å². The number of rotatable bonds is 0. The van der Waals surface area contributed by atoms with E-state index in [1.54, 1.807) is 0 Å². The van der Waals surface area contributed by atoms with Crippen LogP contribution >= 0.6 is 0 Å². The molecule has 1 aromatic rings. The number of hydrogen-bond donors (Lipinski definition) is 0. The van der Waals surface area contributed by atoms with Crippen LogP contribution in [0, 0.1) is 0 Å². The molecule has 1 aliphatic carbocycles. The molecule has 0 bridgehead atoms. The monoisotopic (exact) mass is 248 g/mol. The van der Waals surface area contributed by atoms with E-state index in [-0.39, 0.29) is 0 Å². The van der Waals surface area contributed by atoms with E-state index in [0.717, 1.165) is 45.2 Å². The second kappa shape index (κ2) is 3.61. The molecule has 0 spiro atoms. The maximum Gasteiger partial charge on any atom is 0.123 e. The van der Waals surface area contributed by atoms with E-state index in [1.165, 1.54) is 0 Å². The smallest absolute Gasteiger partial charge is 0.123 e. The van der Waals surface area contributed by atoms with Crippen LogP contribution in [0.1, 0.15) is 6.42 Å². The minimum Gasteiger partial charge on any atom is -0.129 e. The molecule has 0 saturated carbocycles. The molecule has 4 rings (SSSR count). The van der Waals surface area contributed by atoms with Gasteiger partial charge in [0.1, 0.15) is 22.5 Å². The second-order valence-electron chi connectivity index (χ2n) is 4.37. The maximum atomic E-state index is 4.11. The van der Waals surface area contributed by atoms with E-state index in [1.807, 2.05) is 24.3 Å². The molecule has 6 nitrogen and oxygen atoms in total. The number of benzene rings is 1. The zero-order valence-corrected chi connectivity index (χ0v) is 9.91. The Morgan fingerprint density at radius 2 is 1.95 bits per heavy atom. The molecule has 0 unspecified atom stereocenters. The van der Waals surface area contributed by atoms with E-state index in [2.05, 4.69) is 37.5 Å². The predicted octanol–water partition coefficient (Wildman–Crippen LogP) is 2.13. The second-order valence-corrected chi connectivity index (χ2v) is 4.37. The van der Waals surface area contributed by atoms with Gasteiger partial charge in [0.2, 0.25) is 0 Å². The van der Waals surface area contributed by atoms with Gasteiger partial charge in [0.15, 0.2) is 0 Å². The van der Waals surface area contributed by atoms with Crippen molar-refractivity contribution in [1.82, 2.24) is 0 Å². The summed E-state index contributed by atoms with van der Waals surface area (Å²) in [6, 6.07) is 5.78. The van der Waals surface area contributed by atoms with Gasteiger partial charge in [-0.2, -0.15) is 0 Å². The molecule has 2 heterocycles. The molecule has 0 aromatic heterocycles. The Balaban J connectivity index is 2.13. The Labute approximate surface area is 108 Å². The van der Waals surface area contributed by atoms with Crippen LogP contribution in [0.2, 0.25) is 0 Å². The fourth-order valence-corrected chi connectivity index (χ4v) is 2.37. The maximum absolute atomic E-state index is 4.11. The van der Waals surface area contributed by atoms with Gasteiger partial charge in [-0.1, -0.05) is 24.8 Å². The van der Waals surface area contributed by atoms with Gasteiger partial charge in [0.25, 0.3) is 0 Å². The van der Waals surface area contributed by atoms with Crippen molar-refractivity contribution in [1.29, 1.82) is 0 Å². The lowest BCUT2D eigenvalue weighted by atomic mass is 9.90. The van der Waals surface area contributed by atoms with Crippen molar-refractivity contribution in [2.75, 3.05) is 0 Å². The molecule has 19 heavy (non-hydrogen) atoms. The van der Waals surface area contributed by atoms with Crippen molar-refractivity contribution in [3.63, 3.8) is 0 Å². The van der Waals surface area contributed by atoms with Crippen molar-refractivity contribution in [3.8, 4) is 0 Å². The van der Waals surface area contributed by atoms with Crippen LogP contribution < -0.4 is 10.6 Å². The van der Waals surface area contributed by atoms with Crippen molar-refractivity contribution in [3.05, 3.63) is 52.7 Å². The summed E-state index contributed by atoms with van der Waals surface area (Å²) < 4.78 is 0. The third-order valence-corrected chi connectivity index (χ3v) is 3.25. The summed E-state index contributed by atoms with van der Waals surface area (Å²) in [4.78, 5) is 0. The van der Waals surface area contributed by atoms with Crippen molar-refractivity contribution in [2.45, 2.75) is 6.42 Å². The SMILES string of the molecule is C=C1CC=C2N=NN=C2C1=c1cccc2c1=NN=N2. The van der Waals surface area contributed by atoms with E-state index >= 15 is 0 Å². The quantitative estimate of drug-likeness (QED) is 0.674. The van der Waals surface area contributed by atoms with Gasteiger partial charge in [-0.05, 0) is 28.5 Å². The third kappa shape index (κ3) is 1.36. The topological polar surface area (TPSA) is 74.2 Å². The van der Waals surface area contributed by atoms with Crippen LogP contribution in [0.25, 0.3) is 5.57 Å². The van der Waals surface area contributed by atoms with E-state index in [0.29, 0.717) is 0 Å². The zero-order chi connectivity index (χ0) is 12.8. The molecule has 0 N–H and O–H groups in total. The zero-order valence-electron chi connectivity index (χ0n) is 9.91. The summed E-state index contributed by atoms with van der Waals surface area (Å²) in [7, 11) is 0. The Hall–Kier alpha value is -2.76. The molecule has 2 aliphatic heterocycles. The normalized spacial score (nSPS) is 21.8. The minimum absolute atomic E-state index is 0.737. The van der Waals surface area contributed by atoms with Crippen LogP contribution in [-0.2, 0) is 0 Å². The summed E-state index contributed by atoms with van der Waals surface area (Å²) >= 11 is 0. The van der Waals surface area contributed by atoms with E-state index in [4.69, 9.17) is 0 Å². The average molecular weight is 248 g/mol. The Bertz CT molecular complexity index is 854. The van der Waals surface area contributed by atoms with E-state index in [9.17, 15) is 0 Å². The predicted molar refractivity (Wildman–Crippen MR) is 69.3 cm³/mol. The Kier molecular flexibility index (Phi) is 1.94. The van der Waals surface area contributed by atoms with Gasteiger partial charge in [-0.3, -0.25) is 0 Å². The molecule has 0 fully saturated rings. The molecule has 6 heteroatoms. The summed E-state index contributed by atoms with van der Waals surface area (Å²) in [5.41, 5.74) is 4.24. The van der Waals surface area contributed by atoms with E-state index < -0.39 is 0 Å². The summed E-state index contributed by atoms with van der Waals surface area (Å²) in [5.74, 6) is 0. The number of nitrogens with zero attached hydrogens (tertiary/aromatic N) is 6. The van der Waals surface area contributed by atoms with Gasteiger partial charge in [0.05, 0.1) is 0 Å². The summed E-state index contributed by atoms with van der Waals surface area (Å²) in [6.45, 7) is 4.11. The highest BCUT2D eigenvalue weighted by Gasteiger charge is 2.24. The molecule has 90 valence electrons. The molecule has 0 atom stereocenters. The van der Waals surface area contributed by atoms with Crippen molar-refractivity contribution < 1.29 is 0 Å². The largest absolute Gasteiger partial charge is 0.129 e. The highest BCUT2D eigenvalue weighted by Crippen LogP contribution is 2.29. The first-order valence-corrected chi connectivity index (χ1v) is 5.84. The van der Waals surface area contributed by atoms with Crippen LogP contribution in [-0.4, -0.2) is 5.71 Å². The Morgan fingerprint density at radius 3 is 2.89 bits per heavy atom. The van der Waals surface area contributed by atoms with Gasteiger partial charge in [-0.25, -0.2) is 0 Å². The third-order valence-electron chi connectivity index (χ3n) is 3.25. The molecule has 0 saturated heterocycles. The molecule has 3 aliphatic rings. The summed E-state index contributed by atoms with van der Waals surface area (Å²) in [5, 5.41) is 25.3. The standard InChI is InChI=1S/C13H8N6/c1-7-5-6-10-13(17-19-15-10)11(7)8-3-2-4-9-12(8)16-18-14-9/h2-4,6H,1,5H2. The van der Waals surface area contributed by atoms with Crippen LogP contribution in [0.4, 0.5) is 5.69 Å². The highest BCUT2D eigenvalue weighted by atomic mass is 15.4. The minimum atomic E-state index is 0.737. The molecule has 1 aromatic carbocycles. The Morgan fingerprint density at radius 1 is 1.05 bits per heavy atom. The van der Waals surface area contributed by atoms with Crippen LogP contribution in [0.3, 0.4) is 0 Å². The molecular weight excluding hydrogens is 240 g/mol. The molecule has 0 radical (unpaired) electrons. The fourth-order valence-electron chi connectivity index (χ4n) is 2.37. The molecule has 0 amide bonds. The first kappa shape index (κ1) is 10.2. The lowest BCUT2D eigenvalue weighted by molar-refractivity contribution is 1.08. The summed E-state index contributed by atoms with van der Waals surface area (Å²) in [6.07, 6.45) is 2.72. The van der Waals surface area contributed by atoms with Gasteiger partial charge in [0, 0.05) is 10.8 Å². The average Bonchev–Trinajstić information content (AvgIpc) is 3.06. The highest BCUT2D eigenvalue weighted by molar-refractivity contribution is 6.32. The van der Waals surface area contributed by atoms with Crippen LogP contribution in [0.5, 0.6) is 0 Å². The first-order chi connectivity index (χ1) is 9.34. The molecular formula is C13H8N6. The number of fused-ring (bicyclic) bond motifs is 2. The van der Waals surface area contributed by atoms with Crippen LogP contribution in [0.15, 0.2) is 73.0 Å². The lowest BCUT2D eigenvalue weighted by Gasteiger charge is -2.14. The first-order valence-electron chi connectivity index (χ1n) is 5.84. The lowest BCUT2D eigenvalue weighted by Crippen LogP contribution is -2.30. The number of hydrogen-bond acceptors (Lipinski definition) is 6. The fraction of sp³-hybridized carbons (Fsp3) is 0.0769. The van der Waals surface area contributed by atoms with Crippen molar-refractivity contribution >= 4 is 17.0 Å².